The molecule has 0 aliphatic heterocycles. The molecule has 0 spiro atoms. The third-order valence-electron chi connectivity index (χ3n) is 11.3. The van der Waals surface area contributed by atoms with E-state index in [1.165, 1.54) is 98.8 Å². The zero-order valence-corrected chi connectivity index (χ0v) is 28.1. The molecular formula is C49H29N3. The molecule has 0 atom stereocenters. The van der Waals surface area contributed by atoms with E-state index in [9.17, 15) is 0 Å². The molecule has 0 saturated heterocycles. The first-order chi connectivity index (χ1) is 25.8. The van der Waals surface area contributed by atoms with Crippen molar-refractivity contribution in [1.82, 2.24) is 14.1 Å². The van der Waals surface area contributed by atoms with Gasteiger partial charge >= 0.3 is 0 Å². The van der Waals surface area contributed by atoms with E-state index in [-0.39, 0.29) is 0 Å². The highest BCUT2D eigenvalue weighted by atomic mass is 15.0. The number of rotatable bonds is 3. The Morgan fingerprint density at radius 1 is 0.346 bits per heavy atom. The summed E-state index contributed by atoms with van der Waals surface area (Å²) in [5.74, 6) is 0. The molecule has 0 bridgehead atoms. The molecule has 3 heteroatoms. The Bertz CT molecular complexity index is 3290. The van der Waals surface area contributed by atoms with Gasteiger partial charge in [0.25, 0.3) is 0 Å². The third-order valence-corrected chi connectivity index (χ3v) is 11.3. The van der Waals surface area contributed by atoms with Crippen LogP contribution in [0.1, 0.15) is 0 Å². The summed E-state index contributed by atoms with van der Waals surface area (Å²) in [6.07, 6.45) is 1.95. The molecule has 0 N–H and O–H groups in total. The summed E-state index contributed by atoms with van der Waals surface area (Å²) in [6.45, 7) is 0. The number of benzene rings is 8. The summed E-state index contributed by atoms with van der Waals surface area (Å²) in [5, 5.41) is 8.78. The van der Waals surface area contributed by atoms with E-state index in [0.717, 1.165) is 11.2 Å². The van der Waals surface area contributed by atoms with Crippen LogP contribution in [0.15, 0.2) is 176 Å². The van der Waals surface area contributed by atoms with Crippen molar-refractivity contribution in [2.45, 2.75) is 0 Å². The van der Waals surface area contributed by atoms with E-state index in [1.54, 1.807) is 0 Å². The Kier molecular flexibility index (Phi) is 5.50. The van der Waals surface area contributed by atoms with Crippen LogP contribution < -0.4 is 0 Å². The number of aromatic nitrogens is 3. The lowest BCUT2D eigenvalue weighted by atomic mass is 9.99. The summed E-state index contributed by atoms with van der Waals surface area (Å²) >= 11 is 0. The van der Waals surface area contributed by atoms with Gasteiger partial charge in [0.1, 0.15) is 0 Å². The minimum atomic E-state index is 1.02. The number of para-hydroxylation sites is 2. The highest BCUT2D eigenvalue weighted by molar-refractivity contribution is 6.22. The molecule has 11 aromatic rings. The van der Waals surface area contributed by atoms with Crippen LogP contribution in [0, 0.1) is 0 Å². The number of hydrogen-bond acceptors (Lipinski definition) is 1. The largest absolute Gasteiger partial charge is 0.309 e. The molecule has 3 aromatic heterocycles. The number of pyridine rings is 1. The first-order valence-electron chi connectivity index (χ1n) is 17.9. The first-order valence-corrected chi connectivity index (χ1v) is 17.9. The molecular weight excluding hydrogens is 631 g/mol. The van der Waals surface area contributed by atoms with Gasteiger partial charge in [-0.3, -0.25) is 4.98 Å². The fourth-order valence-corrected chi connectivity index (χ4v) is 9.05. The summed E-state index contributed by atoms with van der Waals surface area (Å²) < 4.78 is 4.82. The second-order valence-electron chi connectivity index (χ2n) is 14.0. The van der Waals surface area contributed by atoms with Crippen molar-refractivity contribution in [3.05, 3.63) is 176 Å². The van der Waals surface area contributed by atoms with Crippen LogP contribution >= 0.6 is 0 Å². The van der Waals surface area contributed by atoms with Crippen LogP contribution in [-0.2, 0) is 0 Å². The fourth-order valence-electron chi connectivity index (χ4n) is 9.05. The van der Waals surface area contributed by atoms with Crippen molar-refractivity contribution in [2.24, 2.45) is 0 Å². The van der Waals surface area contributed by atoms with Crippen molar-refractivity contribution >= 4 is 65.3 Å². The first kappa shape index (κ1) is 27.8. The Labute approximate surface area is 299 Å². The average molecular weight is 660 g/mol. The number of nitrogens with zero attached hydrogens (tertiary/aromatic N) is 3. The molecule has 1 aliphatic rings. The topological polar surface area (TPSA) is 22.8 Å². The molecule has 0 fully saturated rings. The summed E-state index contributed by atoms with van der Waals surface area (Å²) in [4.78, 5) is 4.91. The van der Waals surface area contributed by atoms with Gasteiger partial charge in [-0.05, 0) is 111 Å². The predicted octanol–water partition coefficient (Wildman–Crippen LogP) is 12.9. The molecule has 0 amide bonds. The zero-order chi connectivity index (χ0) is 33.9. The second-order valence-corrected chi connectivity index (χ2v) is 14.0. The summed E-state index contributed by atoms with van der Waals surface area (Å²) in [5.41, 5.74) is 15.6. The third kappa shape index (κ3) is 3.72. The van der Waals surface area contributed by atoms with Gasteiger partial charge in [0.2, 0.25) is 0 Å². The van der Waals surface area contributed by atoms with E-state index >= 15 is 0 Å². The Hall–Kier alpha value is -6.97. The molecule has 8 aromatic carbocycles. The van der Waals surface area contributed by atoms with Gasteiger partial charge in [0.05, 0.1) is 27.6 Å². The predicted molar refractivity (Wildman–Crippen MR) is 218 cm³/mol. The molecule has 3 nitrogen and oxygen atoms in total. The maximum absolute atomic E-state index is 4.91. The Balaban J connectivity index is 1.12. The SMILES string of the molecule is c1ccc(-n2c3ccccc3c3cc(-c4ccc5c(c4)c4c6ccccc6ccc4n5-c4cc5c6c(ccnc6c4)-c4ccccc4-5)ccc32)cc1. The Morgan fingerprint density at radius 2 is 0.981 bits per heavy atom. The van der Waals surface area contributed by atoms with E-state index in [2.05, 4.69) is 179 Å². The van der Waals surface area contributed by atoms with Crippen molar-refractivity contribution < 1.29 is 0 Å². The second kappa shape index (κ2) is 10.3. The van der Waals surface area contributed by atoms with E-state index in [0.29, 0.717) is 0 Å². The molecule has 12 rings (SSSR count). The Morgan fingerprint density at radius 3 is 1.83 bits per heavy atom. The van der Waals surface area contributed by atoms with E-state index < -0.39 is 0 Å². The summed E-state index contributed by atoms with van der Waals surface area (Å²) in [6, 6.07) is 62.2. The van der Waals surface area contributed by atoms with Crippen molar-refractivity contribution in [3.8, 4) is 44.8 Å². The molecule has 3 heterocycles. The van der Waals surface area contributed by atoms with Crippen LogP contribution in [0.25, 0.3) is 110 Å². The standard InChI is InChI=1S/C49H29N3/c1-2-11-33(12-3-1)51-44-17-9-8-16-38(44)40-26-31(19-21-45(40)51)32-20-22-46-42(27-32)49-35-13-5-4-10-30(35)18-23-47(49)52(46)34-28-41-37-15-7-6-14-36(37)39-24-25-50-43(29-34)48(39)41/h1-29H. The van der Waals surface area contributed by atoms with Crippen LogP contribution in [0.4, 0.5) is 0 Å². The lowest BCUT2D eigenvalue weighted by molar-refractivity contribution is 1.18. The molecule has 0 radical (unpaired) electrons. The van der Waals surface area contributed by atoms with Crippen LogP contribution in [0.5, 0.6) is 0 Å². The van der Waals surface area contributed by atoms with Gasteiger partial charge in [-0.1, -0.05) is 103 Å². The van der Waals surface area contributed by atoms with Crippen LogP contribution in [-0.4, -0.2) is 14.1 Å². The fraction of sp³-hybridized carbons (Fsp3) is 0. The molecule has 0 saturated carbocycles. The number of hydrogen-bond donors (Lipinski definition) is 0. The highest BCUT2D eigenvalue weighted by Gasteiger charge is 2.24. The molecule has 0 unspecified atom stereocenters. The van der Waals surface area contributed by atoms with E-state index in [1.807, 2.05) is 6.20 Å². The van der Waals surface area contributed by atoms with E-state index in [4.69, 9.17) is 4.98 Å². The monoisotopic (exact) mass is 659 g/mol. The van der Waals surface area contributed by atoms with Crippen LogP contribution in [0.2, 0.25) is 0 Å². The lowest BCUT2D eigenvalue weighted by Gasteiger charge is -2.12. The quantitative estimate of drug-likeness (QED) is 0.185. The highest BCUT2D eigenvalue weighted by Crippen LogP contribution is 2.48. The maximum atomic E-state index is 4.91. The van der Waals surface area contributed by atoms with Crippen molar-refractivity contribution in [2.75, 3.05) is 0 Å². The van der Waals surface area contributed by atoms with Gasteiger partial charge < -0.3 is 9.13 Å². The van der Waals surface area contributed by atoms with Crippen molar-refractivity contribution in [3.63, 3.8) is 0 Å². The average Bonchev–Trinajstić information content (AvgIpc) is 3.84. The van der Waals surface area contributed by atoms with Gasteiger partial charge in [0.15, 0.2) is 0 Å². The minimum Gasteiger partial charge on any atom is -0.309 e. The van der Waals surface area contributed by atoms with Crippen molar-refractivity contribution in [1.29, 1.82) is 0 Å². The molecule has 52 heavy (non-hydrogen) atoms. The van der Waals surface area contributed by atoms with Gasteiger partial charge in [-0.25, -0.2) is 0 Å². The molecule has 1 aliphatic carbocycles. The summed E-state index contributed by atoms with van der Waals surface area (Å²) in [7, 11) is 0. The normalized spacial score (nSPS) is 12.2. The lowest BCUT2D eigenvalue weighted by Crippen LogP contribution is -1.95. The number of fused-ring (bicyclic) bond motifs is 11. The van der Waals surface area contributed by atoms with Gasteiger partial charge in [-0.15, -0.1) is 0 Å². The maximum Gasteiger partial charge on any atom is 0.0735 e. The van der Waals surface area contributed by atoms with Gasteiger partial charge in [-0.2, -0.15) is 0 Å². The smallest absolute Gasteiger partial charge is 0.0735 e. The van der Waals surface area contributed by atoms with Crippen LogP contribution in [0.3, 0.4) is 0 Å². The minimum absolute atomic E-state index is 1.02. The zero-order valence-electron chi connectivity index (χ0n) is 28.1. The molecule has 240 valence electrons. The van der Waals surface area contributed by atoms with Gasteiger partial charge in [0, 0.05) is 44.5 Å².